The minimum atomic E-state index is 0.237. The van der Waals surface area contributed by atoms with Crippen LogP contribution < -0.4 is 11.5 Å². The van der Waals surface area contributed by atoms with E-state index < -0.39 is 0 Å². The van der Waals surface area contributed by atoms with E-state index in [9.17, 15) is 0 Å². The number of thiophene rings is 2. The second-order valence-electron chi connectivity index (χ2n) is 13.7. The van der Waals surface area contributed by atoms with Gasteiger partial charge in [0.2, 0.25) is 0 Å². The van der Waals surface area contributed by atoms with Crippen molar-refractivity contribution in [3.8, 4) is 43.7 Å². The van der Waals surface area contributed by atoms with E-state index in [1.54, 1.807) is 22.7 Å². The lowest BCUT2D eigenvalue weighted by Crippen LogP contribution is -2.38. The first kappa shape index (κ1) is 36.1. The number of anilines is 2. The number of nitrogen functional groups attached to an aromatic ring is 2. The summed E-state index contributed by atoms with van der Waals surface area (Å²) in [5.74, 6) is 1.02. The Hall–Kier alpha value is -5.58. The van der Waals surface area contributed by atoms with Crippen LogP contribution in [0.4, 0.5) is 11.6 Å². The number of rotatable bonds is 9. The summed E-state index contributed by atoms with van der Waals surface area (Å²) in [6.45, 7) is 7.04. The summed E-state index contributed by atoms with van der Waals surface area (Å²) in [7, 11) is 0. The molecule has 10 rings (SSSR count). The Kier molecular flexibility index (Phi) is 10.5. The topological polar surface area (TPSA) is 161 Å². The van der Waals surface area contributed by atoms with Crippen molar-refractivity contribution >= 4 is 54.7 Å². The van der Waals surface area contributed by atoms with Crippen LogP contribution in [-0.2, 0) is 22.6 Å². The fourth-order valence-electron chi connectivity index (χ4n) is 7.27. The molecule has 2 aliphatic heterocycles. The highest BCUT2D eigenvalue weighted by molar-refractivity contribution is 7.22. The predicted molar refractivity (Wildman–Crippen MR) is 223 cm³/mol. The minimum absolute atomic E-state index is 0.237. The average molecular weight is 784 g/mol. The zero-order chi connectivity index (χ0) is 37.8. The normalized spacial score (nSPS) is 16.0. The molecule has 284 valence electrons. The number of imidazole rings is 2. The maximum Gasteiger partial charge on any atom is 0.135 e. The zero-order valence-corrected chi connectivity index (χ0v) is 32.3. The van der Waals surface area contributed by atoms with Gasteiger partial charge in [-0.3, -0.25) is 4.90 Å². The molecule has 0 saturated carbocycles. The number of hydrogen-bond donors (Lipinski definition) is 2. The molecule has 56 heavy (non-hydrogen) atoms. The van der Waals surface area contributed by atoms with Crippen LogP contribution in [0.5, 0.6) is 0 Å². The summed E-state index contributed by atoms with van der Waals surface area (Å²) < 4.78 is 15.8. The van der Waals surface area contributed by atoms with Crippen LogP contribution in [0.25, 0.3) is 64.1 Å². The van der Waals surface area contributed by atoms with Crippen molar-refractivity contribution in [3.05, 3.63) is 98.1 Å². The van der Waals surface area contributed by atoms with Crippen molar-refractivity contribution in [1.29, 1.82) is 0 Å². The lowest BCUT2D eigenvalue weighted by molar-refractivity contribution is 0.0364. The van der Waals surface area contributed by atoms with E-state index in [1.807, 2.05) is 49.1 Å². The standard InChI is InChI=1S/C21H22N6OS.C20H19N5OS/c22-20-16-12-17(29-21(16)24-13-23-20)19-18(15-4-2-1-3-5-15)25-14-27(19)7-6-26-8-10-28-11-9-26;21-19-15-9-16(27-20(15)23-11-22-19)18-17(13-5-2-1-3-6-13)24-12-25(18)10-14-7-4-8-26-14/h1-5,12-14H,6-11H2,(H2,22,23,24);1-3,5-6,9,11-12,14H,4,7-8,10H2,(H2,21,22,23). The maximum atomic E-state index is 6.08. The molecule has 0 aliphatic carbocycles. The Morgan fingerprint density at radius 3 is 1.73 bits per heavy atom. The number of benzene rings is 2. The molecular weight excluding hydrogens is 743 g/mol. The zero-order valence-electron chi connectivity index (χ0n) is 30.7. The van der Waals surface area contributed by atoms with Gasteiger partial charge in [-0.1, -0.05) is 60.7 Å². The number of aromatic nitrogens is 8. The SMILES string of the molecule is Nc1ncnc2sc(-c3c(-c4ccccc4)ncn3CC3CCCO3)cc12.Nc1ncnc2sc(-c3c(-c4ccccc4)ncn3CCN3CCOCC3)cc12. The summed E-state index contributed by atoms with van der Waals surface area (Å²) >= 11 is 3.25. The third-order valence-electron chi connectivity index (χ3n) is 10.1. The molecule has 0 radical (unpaired) electrons. The second-order valence-corrected chi connectivity index (χ2v) is 15.8. The van der Waals surface area contributed by atoms with Gasteiger partial charge in [0.1, 0.15) is 34.0 Å². The molecule has 2 aliphatic rings. The second kappa shape index (κ2) is 16.3. The van der Waals surface area contributed by atoms with E-state index in [-0.39, 0.29) is 6.10 Å². The molecule has 2 fully saturated rings. The van der Waals surface area contributed by atoms with Crippen LogP contribution in [0.3, 0.4) is 0 Å². The first-order valence-electron chi connectivity index (χ1n) is 18.7. The van der Waals surface area contributed by atoms with E-state index in [4.69, 9.17) is 30.9 Å². The van der Waals surface area contributed by atoms with Gasteiger partial charge in [-0.2, -0.15) is 0 Å². The van der Waals surface area contributed by atoms with Gasteiger partial charge in [0.15, 0.2) is 0 Å². The Labute approximate surface area is 331 Å². The fraction of sp³-hybridized carbons (Fsp3) is 0.268. The molecule has 4 N–H and O–H groups in total. The quantitative estimate of drug-likeness (QED) is 0.153. The van der Waals surface area contributed by atoms with Gasteiger partial charge < -0.3 is 30.1 Å². The lowest BCUT2D eigenvalue weighted by atomic mass is 10.1. The molecule has 2 saturated heterocycles. The van der Waals surface area contributed by atoms with Gasteiger partial charge >= 0.3 is 0 Å². The first-order chi connectivity index (χ1) is 27.6. The molecule has 15 heteroatoms. The monoisotopic (exact) mass is 783 g/mol. The van der Waals surface area contributed by atoms with Gasteiger partial charge in [0.25, 0.3) is 0 Å². The van der Waals surface area contributed by atoms with Crippen molar-refractivity contribution in [2.45, 2.75) is 32.0 Å². The van der Waals surface area contributed by atoms with Crippen molar-refractivity contribution in [1.82, 2.24) is 43.9 Å². The van der Waals surface area contributed by atoms with Crippen LogP contribution in [-0.4, -0.2) is 89.5 Å². The Balaban J connectivity index is 0.000000147. The molecule has 1 unspecified atom stereocenters. The van der Waals surface area contributed by atoms with Crippen molar-refractivity contribution in [3.63, 3.8) is 0 Å². The molecule has 2 aromatic carbocycles. The summed E-state index contributed by atoms with van der Waals surface area (Å²) in [5, 5.41) is 1.79. The molecule has 0 bridgehead atoms. The molecule has 13 nitrogen and oxygen atoms in total. The number of hydrogen-bond acceptors (Lipinski definition) is 13. The summed E-state index contributed by atoms with van der Waals surface area (Å²) in [5.41, 5.74) is 18.5. The number of morpholine rings is 1. The molecule has 0 amide bonds. The van der Waals surface area contributed by atoms with Gasteiger partial charge in [-0.15, -0.1) is 22.7 Å². The molecule has 0 spiro atoms. The molecule has 8 heterocycles. The lowest BCUT2D eigenvalue weighted by Gasteiger charge is -2.26. The summed E-state index contributed by atoms with van der Waals surface area (Å²) in [4.78, 5) is 33.0. The highest BCUT2D eigenvalue weighted by Crippen LogP contribution is 2.40. The number of ether oxygens (including phenoxy) is 2. The highest BCUT2D eigenvalue weighted by Gasteiger charge is 2.23. The van der Waals surface area contributed by atoms with Crippen molar-refractivity contribution in [2.24, 2.45) is 0 Å². The third-order valence-corrected chi connectivity index (χ3v) is 12.2. The first-order valence-corrected chi connectivity index (χ1v) is 20.4. The number of nitrogens with zero attached hydrogens (tertiary/aromatic N) is 9. The summed E-state index contributed by atoms with van der Waals surface area (Å²) in [6.07, 6.45) is 9.33. The van der Waals surface area contributed by atoms with Crippen LogP contribution in [0, 0.1) is 0 Å². The van der Waals surface area contributed by atoms with Crippen LogP contribution in [0.2, 0.25) is 0 Å². The van der Waals surface area contributed by atoms with E-state index in [0.29, 0.717) is 11.6 Å². The predicted octanol–water partition coefficient (Wildman–Crippen LogP) is 7.12. The Morgan fingerprint density at radius 1 is 0.643 bits per heavy atom. The van der Waals surface area contributed by atoms with Crippen molar-refractivity contribution < 1.29 is 9.47 Å². The van der Waals surface area contributed by atoms with Crippen molar-refractivity contribution in [2.75, 3.05) is 50.9 Å². The van der Waals surface area contributed by atoms with Gasteiger partial charge in [0, 0.05) is 43.9 Å². The highest BCUT2D eigenvalue weighted by atomic mass is 32.1. The van der Waals surface area contributed by atoms with Gasteiger partial charge in [-0.25, -0.2) is 29.9 Å². The molecule has 6 aromatic heterocycles. The number of fused-ring (bicyclic) bond motifs is 2. The molecule has 1 atom stereocenters. The molecule has 8 aromatic rings. The van der Waals surface area contributed by atoms with Gasteiger partial charge in [-0.05, 0) is 25.0 Å². The Morgan fingerprint density at radius 2 is 1.20 bits per heavy atom. The van der Waals surface area contributed by atoms with E-state index in [1.165, 1.54) is 12.7 Å². The van der Waals surface area contributed by atoms with E-state index >= 15 is 0 Å². The summed E-state index contributed by atoms with van der Waals surface area (Å²) in [6, 6.07) is 24.7. The smallest absolute Gasteiger partial charge is 0.135 e. The minimum Gasteiger partial charge on any atom is -0.383 e. The largest absolute Gasteiger partial charge is 0.383 e. The molecular formula is C41H41N11O2S2. The van der Waals surface area contributed by atoms with Crippen LogP contribution in [0.15, 0.2) is 98.1 Å². The maximum absolute atomic E-state index is 6.08. The Bertz CT molecular complexity index is 2550. The third kappa shape index (κ3) is 7.51. The van der Waals surface area contributed by atoms with E-state index in [2.05, 4.69) is 70.4 Å². The van der Waals surface area contributed by atoms with Crippen LogP contribution >= 0.6 is 22.7 Å². The average Bonchev–Trinajstić information content (AvgIpc) is 4.09. The van der Waals surface area contributed by atoms with E-state index in [0.717, 1.165) is 129 Å². The number of nitrogens with two attached hydrogens (primary N) is 2. The van der Waals surface area contributed by atoms with Crippen LogP contribution in [0.1, 0.15) is 12.8 Å². The van der Waals surface area contributed by atoms with Gasteiger partial charge in [0.05, 0.1) is 81.8 Å². The fourth-order valence-corrected chi connectivity index (χ4v) is 9.40.